The molecule has 11 heteroatoms. The number of hydrogen-bond acceptors (Lipinski definition) is 7. The molecule has 2 aliphatic rings. The average Bonchev–Trinajstić information content (AvgIpc) is 3.38. The number of carboxylic acids is 1. The van der Waals surface area contributed by atoms with Gasteiger partial charge in [-0.15, -0.1) is 0 Å². The van der Waals surface area contributed by atoms with Gasteiger partial charge in [0.15, 0.2) is 9.84 Å². The number of carbonyl (C=O) groups excluding carboxylic acids is 3. The Hall–Kier alpha value is -4.06. The summed E-state index contributed by atoms with van der Waals surface area (Å²) in [6, 6.07) is 10.8. The van der Waals surface area contributed by atoms with E-state index in [1.165, 1.54) is 12.1 Å². The number of nitrogens with zero attached hydrogens (tertiary/aromatic N) is 1. The molecule has 1 fully saturated rings. The molecular weight excluding hydrogens is 544 g/mol. The third-order valence-corrected chi connectivity index (χ3v) is 9.58. The highest BCUT2D eigenvalue weighted by Crippen LogP contribution is 2.36. The Morgan fingerprint density at radius 3 is 2.34 bits per heavy atom. The molecule has 2 aliphatic heterocycles. The molecule has 0 bridgehead atoms. The normalized spacial score (nSPS) is 17.3. The Morgan fingerprint density at radius 1 is 1.02 bits per heavy atom. The van der Waals surface area contributed by atoms with Crippen LogP contribution in [0.4, 0.5) is 5.69 Å². The molecule has 10 nitrogen and oxygen atoms in total. The number of carbonyl (C=O) groups is 3. The van der Waals surface area contributed by atoms with E-state index >= 15 is 0 Å². The first-order valence-corrected chi connectivity index (χ1v) is 15.0. The zero-order valence-corrected chi connectivity index (χ0v) is 24.0. The number of rotatable bonds is 7. The van der Waals surface area contributed by atoms with Crippen LogP contribution in [0, 0.1) is 13.8 Å². The van der Waals surface area contributed by atoms with Gasteiger partial charge in [0.1, 0.15) is 5.56 Å². The standard InChI is InChI=1S/C30H32N4O6S/c1-18-26(32-19(2)28(18)30(38)34(3)12-10-31-11-13-34)16-24-23-15-22(8-9-25(23)33-29(24)37)41(39,40)17-21-6-4-20(5-7-21)14-27(35)36/h4-9,15-16,31H,10-14,17H2,1-3H3,(H2-,32,33,35,36,37,38). The van der Waals surface area contributed by atoms with Crippen LogP contribution in [0.3, 0.4) is 0 Å². The summed E-state index contributed by atoms with van der Waals surface area (Å²) in [6.07, 6.45) is 1.42. The minimum absolute atomic E-state index is 0.0275. The van der Waals surface area contributed by atoms with Gasteiger partial charge in [-0.25, -0.2) is 13.2 Å². The van der Waals surface area contributed by atoms with Crippen molar-refractivity contribution < 1.29 is 32.4 Å². The molecule has 3 aromatic rings. The number of piperazine rings is 1. The summed E-state index contributed by atoms with van der Waals surface area (Å²) in [5.41, 5.74) is 4.98. The van der Waals surface area contributed by atoms with E-state index < -0.39 is 15.8 Å². The zero-order valence-electron chi connectivity index (χ0n) is 23.2. The molecule has 41 heavy (non-hydrogen) atoms. The van der Waals surface area contributed by atoms with Crippen molar-refractivity contribution in [1.29, 1.82) is 0 Å². The van der Waals surface area contributed by atoms with Crippen LogP contribution < -0.4 is 15.7 Å². The van der Waals surface area contributed by atoms with Crippen molar-refractivity contribution in [2.24, 2.45) is 0 Å². The number of quaternary nitrogens is 1. The van der Waals surface area contributed by atoms with E-state index in [1.807, 2.05) is 20.9 Å². The van der Waals surface area contributed by atoms with Gasteiger partial charge in [-0.05, 0) is 54.8 Å². The van der Waals surface area contributed by atoms with Gasteiger partial charge in [0.05, 0.1) is 36.4 Å². The van der Waals surface area contributed by atoms with Crippen molar-refractivity contribution in [3.05, 3.63) is 81.7 Å². The molecular formula is C30H32N4O6S. The number of benzene rings is 2. The number of aromatic amines is 1. The number of aliphatic carboxylic acids is 1. The highest BCUT2D eigenvalue weighted by atomic mass is 32.2. The first-order valence-electron chi connectivity index (χ1n) is 13.4. The topological polar surface area (TPSA) is 148 Å². The second-order valence-corrected chi connectivity index (χ2v) is 12.9. The second kappa shape index (κ2) is 10.7. The summed E-state index contributed by atoms with van der Waals surface area (Å²) in [6.45, 7) is 6.60. The lowest BCUT2D eigenvalue weighted by Gasteiger charge is -2.35. The predicted molar refractivity (Wildman–Crippen MR) is 152 cm³/mol. The van der Waals surface area contributed by atoms with Crippen molar-refractivity contribution in [2.45, 2.75) is 30.9 Å². The van der Waals surface area contributed by atoms with Crippen LogP contribution >= 0.6 is 0 Å². The molecule has 0 aliphatic carbocycles. The highest BCUT2D eigenvalue weighted by molar-refractivity contribution is 7.90. The molecule has 2 amide bonds. The molecule has 0 spiro atoms. The maximum atomic E-state index is 13.6. The maximum absolute atomic E-state index is 13.6. The van der Waals surface area contributed by atoms with E-state index in [0.717, 1.165) is 24.3 Å². The Labute approximate surface area is 238 Å². The van der Waals surface area contributed by atoms with Crippen LogP contribution in [0.5, 0.6) is 0 Å². The Kier molecular flexibility index (Phi) is 7.45. The van der Waals surface area contributed by atoms with Crippen LogP contribution in [0.2, 0.25) is 0 Å². The summed E-state index contributed by atoms with van der Waals surface area (Å²) in [5, 5.41) is 16.9. The number of fused-ring (bicyclic) bond motifs is 1. The van der Waals surface area contributed by atoms with Crippen molar-refractivity contribution >= 4 is 45.0 Å². The van der Waals surface area contributed by atoms with E-state index in [2.05, 4.69) is 15.6 Å². The predicted octanol–water partition coefficient (Wildman–Crippen LogP) is 1.58. The maximum Gasteiger partial charge on any atom is 0.347 e. The number of amides is 2. The SMILES string of the molecule is Cc1[nH]c(/C=C2\C(=O)Nc3ccc(S(=O)(=O)Cc4ccc(CC(=O)[O-])cc4)cc32)c(C)c1C(=O)[N+]1(C)CCNCC1. The molecule has 1 saturated heterocycles. The fraction of sp³-hybridized carbons (Fsp3) is 0.300. The van der Waals surface area contributed by atoms with E-state index in [1.54, 1.807) is 36.4 Å². The second-order valence-electron chi connectivity index (χ2n) is 10.9. The molecule has 0 saturated carbocycles. The van der Waals surface area contributed by atoms with E-state index in [-0.39, 0.29) is 28.9 Å². The molecule has 2 aromatic carbocycles. The van der Waals surface area contributed by atoms with Crippen molar-refractivity contribution in [3.8, 4) is 0 Å². The first-order chi connectivity index (χ1) is 19.4. The van der Waals surface area contributed by atoms with Gasteiger partial charge >= 0.3 is 5.91 Å². The first kappa shape index (κ1) is 28.5. The smallest absolute Gasteiger partial charge is 0.347 e. The Morgan fingerprint density at radius 2 is 1.68 bits per heavy atom. The van der Waals surface area contributed by atoms with Gasteiger partial charge in [-0.1, -0.05) is 24.3 Å². The Bertz CT molecular complexity index is 1700. The van der Waals surface area contributed by atoms with Crippen molar-refractivity contribution in [2.75, 3.05) is 38.5 Å². The number of aryl methyl sites for hydroxylation is 1. The molecule has 0 radical (unpaired) electrons. The quantitative estimate of drug-likeness (QED) is 0.286. The van der Waals surface area contributed by atoms with E-state index in [9.17, 15) is 27.9 Å². The number of nitrogens with one attached hydrogen (secondary N) is 3. The highest BCUT2D eigenvalue weighted by Gasteiger charge is 2.37. The summed E-state index contributed by atoms with van der Waals surface area (Å²) in [5.74, 6) is -1.83. The van der Waals surface area contributed by atoms with E-state index in [0.29, 0.717) is 56.8 Å². The van der Waals surface area contributed by atoms with Gasteiger partial charge in [0.25, 0.3) is 5.91 Å². The van der Waals surface area contributed by atoms with Gasteiger partial charge < -0.3 is 25.5 Å². The molecule has 0 atom stereocenters. The lowest BCUT2D eigenvalue weighted by Crippen LogP contribution is -2.59. The monoisotopic (exact) mass is 576 g/mol. The minimum atomic E-state index is -3.78. The third-order valence-electron chi connectivity index (χ3n) is 7.89. The number of anilines is 1. The van der Waals surface area contributed by atoms with Crippen molar-refractivity contribution in [1.82, 2.24) is 10.3 Å². The number of sulfone groups is 1. The number of H-pyrrole nitrogens is 1. The fourth-order valence-electron chi connectivity index (χ4n) is 5.47. The molecule has 3 N–H and O–H groups in total. The van der Waals surface area contributed by atoms with E-state index in [4.69, 9.17) is 0 Å². The molecule has 214 valence electrons. The lowest BCUT2D eigenvalue weighted by atomic mass is 10.0. The van der Waals surface area contributed by atoms with Crippen LogP contribution in [-0.2, 0) is 31.6 Å². The van der Waals surface area contributed by atoms with Crippen LogP contribution in [0.1, 0.15) is 44.0 Å². The van der Waals surface area contributed by atoms with Gasteiger partial charge in [0.2, 0.25) is 0 Å². The summed E-state index contributed by atoms with van der Waals surface area (Å²) >= 11 is 0. The summed E-state index contributed by atoms with van der Waals surface area (Å²) in [7, 11) is -1.84. The summed E-state index contributed by atoms with van der Waals surface area (Å²) in [4.78, 5) is 40.7. The molecule has 3 heterocycles. The minimum Gasteiger partial charge on any atom is -0.550 e. The Balaban J connectivity index is 1.45. The zero-order chi connectivity index (χ0) is 29.5. The number of hydrogen-bond donors (Lipinski definition) is 3. The summed E-state index contributed by atoms with van der Waals surface area (Å²) < 4.78 is 26.9. The number of likely N-dealkylation sites (N-methyl/N-ethyl adjacent to an activating group) is 1. The van der Waals surface area contributed by atoms with Crippen LogP contribution in [-0.4, -0.2) is 68.9 Å². The molecule has 5 rings (SSSR count). The number of carboxylic acid groups (broad SMARTS) is 1. The van der Waals surface area contributed by atoms with Crippen molar-refractivity contribution in [3.63, 3.8) is 0 Å². The van der Waals surface area contributed by atoms with Crippen LogP contribution in [0.15, 0.2) is 47.4 Å². The average molecular weight is 577 g/mol. The lowest BCUT2D eigenvalue weighted by molar-refractivity contribution is -0.830. The largest absolute Gasteiger partial charge is 0.550 e. The van der Waals surface area contributed by atoms with Gasteiger partial charge in [-0.2, -0.15) is 0 Å². The number of aromatic nitrogens is 1. The van der Waals surface area contributed by atoms with Gasteiger partial charge in [0, 0.05) is 48.1 Å². The molecule has 0 unspecified atom stereocenters. The molecule has 1 aromatic heterocycles. The third kappa shape index (κ3) is 5.61. The van der Waals surface area contributed by atoms with Gasteiger partial charge in [-0.3, -0.25) is 9.28 Å². The fourth-order valence-corrected chi connectivity index (χ4v) is 6.84. The van der Waals surface area contributed by atoms with Crippen LogP contribution in [0.25, 0.3) is 11.6 Å².